The zero-order chi connectivity index (χ0) is 18.1. The molecular formula is C19H16ClNO3S2. The van der Waals surface area contributed by atoms with Crippen LogP contribution in [0.4, 0.5) is 0 Å². The molecular weight excluding hydrogens is 390 g/mol. The van der Waals surface area contributed by atoms with E-state index in [4.69, 9.17) is 33.0 Å². The highest BCUT2D eigenvalue weighted by Crippen LogP contribution is 2.35. The van der Waals surface area contributed by atoms with Gasteiger partial charge in [0.05, 0.1) is 22.6 Å². The van der Waals surface area contributed by atoms with Crippen LogP contribution in [0.3, 0.4) is 0 Å². The molecule has 2 saturated heterocycles. The second-order valence-corrected chi connectivity index (χ2v) is 8.19. The van der Waals surface area contributed by atoms with E-state index in [2.05, 4.69) is 0 Å². The van der Waals surface area contributed by atoms with Gasteiger partial charge in [0.2, 0.25) is 0 Å². The van der Waals surface area contributed by atoms with Crippen molar-refractivity contribution in [1.29, 1.82) is 0 Å². The predicted octanol–water partition coefficient (Wildman–Crippen LogP) is 4.98. The molecule has 2 fully saturated rings. The smallest absolute Gasteiger partial charge is 0.266 e. The van der Waals surface area contributed by atoms with Crippen LogP contribution < -0.4 is 0 Å². The molecule has 134 valence electrons. The first kappa shape index (κ1) is 17.8. The molecule has 2 aliphatic heterocycles. The quantitative estimate of drug-likeness (QED) is 0.530. The standard InChI is InChI=1S/C19H16ClNO3S2/c20-15-6-2-1-5-14(15)16-8-7-12(24-16)10-17-18(22)21(19(25)26-17)11-13-4-3-9-23-13/h1-2,5-8,10,13H,3-4,9,11H2/b17-10+. The molecule has 0 N–H and O–H groups in total. The van der Waals surface area contributed by atoms with Crippen molar-refractivity contribution in [2.75, 3.05) is 13.2 Å². The number of furan rings is 1. The number of rotatable bonds is 4. The topological polar surface area (TPSA) is 42.7 Å². The van der Waals surface area contributed by atoms with E-state index in [9.17, 15) is 4.79 Å². The molecule has 0 aliphatic carbocycles. The Hall–Kier alpha value is -1.60. The molecule has 0 saturated carbocycles. The maximum Gasteiger partial charge on any atom is 0.266 e. The molecule has 1 unspecified atom stereocenters. The molecule has 1 aromatic carbocycles. The fourth-order valence-corrected chi connectivity index (χ4v) is 4.50. The summed E-state index contributed by atoms with van der Waals surface area (Å²) < 4.78 is 12.0. The minimum atomic E-state index is -0.0915. The maximum absolute atomic E-state index is 12.7. The summed E-state index contributed by atoms with van der Waals surface area (Å²) in [6, 6.07) is 11.2. The molecule has 1 atom stereocenters. The third-order valence-corrected chi connectivity index (χ3v) is 6.03. The Morgan fingerprint density at radius 2 is 2.15 bits per heavy atom. The lowest BCUT2D eigenvalue weighted by atomic mass is 10.2. The first-order valence-corrected chi connectivity index (χ1v) is 9.94. The van der Waals surface area contributed by atoms with Gasteiger partial charge in [-0.05, 0) is 37.1 Å². The summed E-state index contributed by atoms with van der Waals surface area (Å²) in [5, 5.41) is 0.622. The second kappa shape index (κ2) is 7.56. The van der Waals surface area contributed by atoms with Gasteiger partial charge in [-0.3, -0.25) is 9.69 Å². The maximum atomic E-state index is 12.7. The van der Waals surface area contributed by atoms with Crippen LogP contribution in [0.25, 0.3) is 17.4 Å². The van der Waals surface area contributed by atoms with Crippen molar-refractivity contribution in [3.8, 4) is 11.3 Å². The van der Waals surface area contributed by atoms with Crippen LogP contribution in [0.5, 0.6) is 0 Å². The molecule has 26 heavy (non-hydrogen) atoms. The van der Waals surface area contributed by atoms with Gasteiger partial charge in [-0.25, -0.2) is 0 Å². The summed E-state index contributed by atoms with van der Waals surface area (Å²) in [5.74, 6) is 1.17. The third kappa shape index (κ3) is 3.60. The molecule has 0 spiro atoms. The Kier molecular flexibility index (Phi) is 5.18. The van der Waals surface area contributed by atoms with E-state index in [0.29, 0.717) is 32.3 Å². The summed E-state index contributed by atoms with van der Waals surface area (Å²) in [6.45, 7) is 1.28. The Balaban J connectivity index is 1.53. The number of carbonyl (C=O) groups excluding carboxylic acids is 1. The summed E-state index contributed by atoms with van der Waals surface area (Å²) in [5.41, 5.74) is 0.819. The van der Waals surface area contributed by atoms with E-state index in [1.807, 2.05) is 36.4 Å². The lowest BCUT2D eigenvalue weighted by Gasteiger charge is -2.18. The summed E-state index contributed by atoms with van der Waals surface area (Å²) in [4.78, 5) is 14.9. The van der Waals surface area contributed by atoms with Gasteiger partial charge < -0.3 is 9.15 Å². The van der Waals surface area contributed by atoms with Crippen LogP contribution in [0.2, 0.25) is 5.02 Å². The fraction of sp³-hybridized carbons (Fsp3) is 0.263. The lowest BCUT2D eigenvalue weighted by Crippen LogP contribution is -2.35. The fourth-order valence-electron chi connectivity index (χ4n) is 3.01. The van der Waals surface area contributed by atoms with Gasteiger partial charge in [0.25, 0.3) is 5.91 Å². The summed E-state index contributed by atoms with van der Waals surface area (Å²) in [6.07, 6.45) is 3.81. The minimum Gasteiger partial charge on any atom is -0.457 e. The Morgan fingerprint density at radius 3 is 2.92 bits per heavy atom. The van der Waals surface area contributed by atoms with Crippen molar-refractivity contribution in [1.82, 2.24) is 4.90 Å². The number of amides is 1. The summed E-state index contributed by atoms with van der Waals surface area (Å²) in [7, 11) is 0. The molecule has 3 heterocycles. The number of thiocarbonyl (C=S) groups is 1. The van der Waals surface area contributed by atoms with Gasteiger partial charge in [-0.1, -0.05) is 47.7 Å². The number of nitrogens with zero attached hydrogens (tertiary/aromatic N) is 1. The van der Waals surface area contributed by atoms with Gasteiger partial charge in [-0.2, -0.15) is 0 Å². The molecule has 0 radical (unpaired) electrons. The Labute approximate surface area is 166 Å². The SMILES string of the molecule is O=C1/C(=C\c2ccc(-c3ccccc3Cl)o2)SC(=S)N1CC1CCCO1. The van der Waals surface area contributed by atoms with E-state index in [1.165, 1.54) is 11.8 Å². The zero-order valence-corrected chi connectivity index (χ0v) is 16.2. The number of hydrogen-bond acceptors (Lipinski definition) is 5. The molecule has 4 nitrogen and oxygen atoms in total. The van der Waals surface area contributed by atoms with Crippen molar-refractivity contribution in [3.05, 3.63) is 52.1 Å². The van der Waals surface area contributed by atoms with E-state index >= 15 is 0 Å². The summed E-state index contributed by atoms with van der Waals surface area (Å²) >= 11 is 12.9. The van der Waals surface area contributed by atoms with Crippen LogP contribution in [-0.2, 0) is 9.53 Å². The highest BCUT2D eigenvalue weighted by molar-refractivity contribution is 8.26. The van der Waals surface area contributed by atoms with Crippen LogP contribution in [0, 0.1) is 0 Å². The van der Waals surface area contributed by atoms with Gasteiger partial charge in [0, 0.05) is 18.2 Å². The molecule has 2 aliphatic rings. The van der Waals surface area contributed by atoms with Crippen molar-refractivity contribution in [3.63, 3.8) is 0 Å². The van der Waals surface area contributed by atoms with Crippen LogP contribution in [0.1, 0.15) is 18.6 Å². The van der Waals surface area contributed by atoms with E-state index in [-0.39, 0.29) is 12.0 Å². The average molecular weight is 406 g/mol. The first-order chi connectivity index (χ1) is 12.6. The number of carbonyl (C=O) groups is 1. The van der Waals surface area contributed by atoms with E-state index < -0.39 is 0 Å². The molecule has 7 heteroatoms. The van der Waals surface area contributed by atoms with Crippen LogP contribution >= 0.6 is 35.6 Å². The number of halogens is 1. The average Bonchev–Trinajstić information content (AvgIpc) is 3.35. The first-order valence-electron chi connectivity index (χ1n) is 8.33. The zero-order valence-electron chi connectivity index (χ0n) is 13.8. The van der Waals surface area contributed by atoms with Gasteiger partial charge >= 0.3 is 0 Å². The van der Waals surface area contributed by atoms with Crippen molar-refractivity contribution in [2.45, 2.75) is 18.9 Å². The lowest BCUT2D eigenvalue weighted by molar-refractivity contribution is -0.123. The predicted molar refractivity (Wildman–Crippen MR) is 108 cm³/mol. The normalized spacial score (nSPS) is 22.0. The van der Waals surface area contributed by atoms with E-state index in [0.717, 1.165) is 25.0 Å². The highest BCUT2D eigenvalue weighted by Gasteiger charge is 2.34. The Bertz CT molecular complexity index is 886. The van der Waals surface area contributed by atoms with Crippen molar-refractivity contribution < 1.29 is 13.9 Å². The number of hydrogen-bond donors (Lipinski definition) is 0. The highest BCUT2D eigenvalue weighted by atomic mass is 35.5. The van der Waals surface area contributed by atoms with Gasteiger partial charge in [-0.15, -0.1) is 0 Å². The van der Waals surface area contributed by atoms with Gasteiger partial charge in [0.1, 0.15) is 15.8 Å². The van der Waals surface area contributed by atoms with Gasteiger partial charge in [0.15, 0.2) is 0 Å². The van der Waals surface area contributed by atoms with Crippen LogP contribution in [-0.4, -0.2) is 34.4 Å². The second-order valence-electron chi connectivity index (χ2n) is 6.11. The number of ether oxygens (including phenoxy) is 1. The monoisotopic (exact) mass is 405 g/mol. The van der Waals surface area contributed by atoms with Crippen molar-refractivity contribution >= 4 is 51.9 Å². The minimum absolute atomic E-state index is 0.0762. The molecule has 1 amide bonds. The number of benzene rings is 1. The molecule has 4 rings (SSSR count). The van der Waals surface area contributed by atoms with Crippen molar-refractivity contribution in [2.24, 2.45) is 0 Å². The Morgan fingerprint density at radius 1 is 1.31 bits per heavy atom. The molecule has 2 aromatic rings. The number of thioether (sulfide) groups is 1. The molecule has 1 aromatic heterocycles. The largest absolute Gasteiger partial charge is 0.457 e. The van der Waals surface area contributed by atoms with E-state index in [1.54, 1.807) is 11.0 Å². The third-order valence-electron chi connectivity index (χ3n) is 4.32. The van der Waals surface area contributed by atoms with Crippen LogP contribution in [0.15, 0.2) is 45.7 Å². The molecule has 0 bridgehead atoms.